The maximum atomic E-state index is 5.30. The fraction of sp³-hybridized carbons (Fsp3) is 0.333. The van der Waals surface area contributed by atoms with Crippen molar-refractivity contribution >= 4 is 18.0 Å². The van der Waals surface area contributed by atoms with Gasteiger partial charge in [0.25, 0.3) is 0 Å². The number of methoxy groups -OCH3 is 1. The Morgan fingerprint density at radius 1 is 1.30 bits per heavy atom. The van der Waals surface area contributed by atoms with Crippen molar-refractivity contribution in [1.82, 2.24) is 9.97 Å². The van der Waals surface area contributed by atoms with E-state index in [-0.39, 0.29) is 0 Å². The monoisotopic (exact) mass is 287 g/mol. The number of fused-ring (bicyclic) bond motifs is 1. The molecule has 0 fully saturated rings. The number of ether oxygens (including phenoxy) is 1. The van der Waals surface area contributed by atoms with Gasteiger partial charge >= 0.3 is 0 Å². The minimum absolute atomic E-state index is 0.510. The zero-order chi connectivity index (χ0) is 13.9. The van der Waals surface area contributed by atoms with Crippen LogP contribution in [0.4, 0.5) is 5.82 Å². The number of hydrogen-bond donors (Lipinski definition) is 2. The summed E-state index contributed by atoms with van der Waals surface area (Å²) in [6.45, 7) is 0.955. The van der Waals surface area contributed by atoms with Crippen LogP contribution in [0.5, 0.6) is 5.75 Å². The summed E-state index contributed by atoms with van der Waals surface area (Å²) in [5.41, 5.74) is 3.34. The van der Waals surface area contributed by atoms with Crippen molar-refractivity contribution in [3.05, 3.63) is 34.6 Å². The minimum Gasteiger partial charge on any atom is -0.497 e. The first-order valence-corrected chi connectivity index (χ1v) is 7.20. The standard InChI is InChI=1S/C15H17N3OS/c1-19-11-6-4-5-10(9-11)13-12-7-2-3-8-16-14(12)18-15(20)17-13/h4-6,9H,2-3,7-8H2,1H3,(H2,16,17,18,20). The fourth-order valence-corrected chi connectivity index (χ4v) is 2.74. The number of nitrogens with one attached hydrogen (secondary N) is 2. The molecule has 20 heavy (non-hydrogen) atoms. The van der Waals surface area contributed by atoms with Gasteiger partial charge in [0.1, 0.15) is 11.6 Å². The third-order valence-electron chi connectivity index (χ3n) is 3.54. The molecule has 0 radical (unpaired) electrons. The predicted molar refractivity (Wildman–Crippen MR) is 82.8 cm³/mol. The average molecular weight is 287 g/mol. The quantitative estimate of drug-likeness (QED) is 0.829. The Bertz CT molecular complexity index is 681. The van der Waals surface area contributed by atoms with E-state index in [0.29, 0.717) is 4.77 Å². The van der Waals surface area contributed by atoms with Crippen LogP contribution in [0.1, 0.15) is 18.4 Å². The number of anilines is 1. The van der Waals surface area contributed by atoms with Crippen LogP contribution in [-0.4, -0.2) is 23.6 Å². The number of hydrogen-bond acceptors (Lipinski definition) is 4. The van der Waals surface area contributed by atoms with Gasteiger partial charge in [-0.1, -0.05) is 12.1 Å². The van der Waals surface area contributed by atoms with Crippen molar-refractivity contribution in [1.29, 1.82) is 0 Å². The highest BCUT2D eigenvalue weighted by Gasteiger charge is 2.15. The molecule has 1 aliphatic heterocycles. The highest BCUT2D eigenvalue weighted by Crippen LogP contribution is 2.30. The first-order valence-electron chi connectivity index (χ1n) is 6.79. The van der Waals surface area contributed by atoms with Crippen molar-refractivity contribution in [2.75, 3.05) is 19.0 Å². The molecular weight excluding hydrogens is 270 g/mol. The molecule has 0 unspecified atom stereocenters. The SMILES string of the molecule is COc1cccc(-c2[nH]c(=S)nc3c2CCCCN3)c1. The van der Waals surface area contributed by atoms with E-state index in [0.717, 1.165) is 48.6 Å². The topological polar surface area (TPSA) is 49.9 Å². The van der Waals surface area contributed by atoms with Gasteiger partial charge < -0.3 is 15.0 Å². The van der Waals surface area contributed by atoms with Gasteiger partial charge in [-0.2, -0.15) is 0 Å². The summed E-state index contributed by atoms with van der Waals surface area (Å²) in [5.74, 6) is 1.76. The lowest BCUT2D eigenvalue weighted by Crippen LogP contribution is -2.05. The summed E-state index contributed by atoms with van der Waals surface area (Å²) < 4.78 is 5.81. The molecule has 0 atom stereocenters. The summed E-state index contributed by atoms with van der Waals surface area (Å²) in [6.07, 6.45) is 3.32. The molecule has 5 heteroatoms. The van der Waals surface area contributed by atoms with E-state index in [9.17, 15) is 0 Å². The van der Waals surface area contributed by atoms with Crippen molar-refractivity contribution in [3.63, 3.8) is 0 Å². The third kappa shape index (κ3) is 2.54. The van der Waals surface area contributed by atoms with Crippen molar-refractivity contribution in [3.8, 4) is 17.0 Å². The highest BCUT2D eigenvalue weighted by molar-refractivity contribution is 7.71. The second-order valence-corrected chi connectivity index (χ2v) is 5.25. The van der Waals surface area contributed by atoms with Crippen molar-refractivity contribution < 1.29 is 4.74 Å². The maximum absolute atomic E-state index is 5.30. The molecule has 104 valence electrons. The molecular formula is C15H17N3OS. The van der Waals surface area contributed by atoms with Crippen LogP contribution in [-0.2, 0) is 6.42 Å². The lowest BCUT2D eigenvalue weighted by atomic mass is 10.0. The molecule has 2 N–H and O–H groups in total. The Morgan fingerprint density at radius 3 is 3.05 bits per heavy atom. The number of H-pyrrole nitrogens is 1. The van der Waals surface area contributed by atoms with E-state index >= 15 is 0 Å². The fourth-order valence-electron chi connectivity index (χ4n) is 2.55. The third-order valence-corrected chi connectivity index (χ3v) is 3.73. The molecule has 2 heterocycles. The second kappa shape index (κ2) is 5.63. The molecule has 3 rings (SSSR count). The Morgan fingerprint density at radius 2 is 2.20 bits per heavy atom. The second-order valence-electron chi connectivity index (χ2n) is 4.86. The molecule has 0 saturated heterocycles. The van der Waals surface area contributed by atoms with E-state index in [1.165, 1.54) is 5.56 Å². The first-order chi connectivity index (χ1) is 9.78. The number of rotatable bonds is 2. The largest absolute Gasteiger partial charge is 0.497 e. The van der Waals surface area contributed by atoms with Crippen LogP contribution in [0.3, 0.4) is 0 Å². The number of benzene rings is 1. The van der Waals surface area contributed by atoms with Crippen LogP contribution < -0.4 is 10.1 Å². The highest BCUT2D eigenvalue weighted by atomic mass is 32.1. The Balaban J connectivity index is 2.17. The zero-order valence-corrected chi connectivity index (χ0v) is 12.2. The van der Waals surface area contributed by atoms with E-state index in [2.05, 4.69) is 21.4 Å². The van der Waals surface area contributed by atoms with Gasteiger partial charge in [-0.3, -0.25) is 0 Å². The maximum Gasteiger partial charge on any atom is 0.199 e. The van der Waals surface area contributed by atoms with Gasteiger partial charge in [-0.15, -0.1) is 0 Å². The van der Waals surface area contributed by atoms with Crippen LogP contribution >= 0.6 is 12.2 Å². The minimum atomic E-state index is 0.510. The molecule has 1 aromatic carbocycles. The van der Waals surface area contributed by atoms with Crippen molar-refractivity contribution in [2.45, 2.75) is 19.3 Å². The lowest BCUT2D eigenvalue weighted by Gasteiger charge is -2.13. The summed E-state index contributed by atoms with van der Waals surface area (Å²) >= 11 is 5.25. The van der Waals surface area contributed by atoms with E-state index in [1.807, 2.05) is 18.2 Å². The van der Waals surface area contributed by atoms with Crippen molar-refractivity contribution in [2.24, 2.45) is 0 Å². The Hall–Kier alpha value is -1.88. The van der Waals surface area contributed by atoms with Gasteiger partial charge in [0, 0.05) is 17.7 Å². The number of aromatic nitrogens is 2. The van der Waals surface area contributed by atoms with Gasteiger partial charge in [-0.05, 0) is 43.6 Å². The summed E-state index contributed by atoms with van der Waals surface area (Å²) in [6, 6.07) is 8.01. The first kappa shape index (κ1) is 13.1. The molecule has 2 aromatic rings. The van der Waals surface area contributed by atoms with Gasteiger partial charge in [0.05, 0.1) is 12.8 Å². The number of nitrogens with zero attached hydrogens (tertiary/aromatic N) is 1. The van der Waals surface area contributed by atoms with Crippen LogP contribution in [0.25, 0.3) is 11.3 Å². The lowest BCUT2D eigenvalue weighted by molar-refractivity contribution is 0.415. The molecule has 0 aliphatic carbocycles. The Kier molecular flexibility index (Phi) is 3.69. The van der Waals surface area contributed by atoms with Gasteiger partial charge in [0.2, 0.25) is 0 Å². The van der Waals surface area contributed by atoms with E-state index < -0.39 is 0 Å². The Labute approximate surface area is 123 Å². The van der Waals surface area contributed by atoms with Gasteiger partial charge in [-0.25, -0.2) is 4.98 Å². The van der Waals surface area contributed by atoms with Crippen LogP contribution in [0.2, 0.25) is 0 Å². The van der Waals surface area contributed by atoms with E-state index in [4.69, 9.17) is 17.0 Å². The molecule has 1 aliphatic rings. The number of aromatic amines is 1. The summed E-state index contributed by atoms with van der Waals surface area (Å²) in [5, 5.41) is 3.38. The smallest absolute Gasteiger partial charge is 0.199 e. The zero-order valence-electron chi connectivity index (χ0n) is 11.4. The molecule has 0 saturated carbocycles. The summed E-state index contributed by atoms with van der Waals surface area (Å²) in [7, 11) is 1.68. The molecule has 1 aromatic heterocycles. The predicted octanol–water partition coefficient (Wildman–Crippen LogP) is 3.56. The van der Waals surface area contributed by atoms with Crippen LogP contribution in [0.15, 0.2) is 24.3 Å². The molecule has 0 bridgehead atoms. The van der Waals surface area contributed by atoms with Gasteiger partial charge in [0.15, 0.2) is 4.77 Å². The van der Waals surface area contributed by atoms with Crippen LogP contribution in [0, 0.1) is 4.77 Å². The molecule has 4 nitrogen and oxygen atoms in total. The summed E-state index contributed by atoms with van der Waals surface area (Å²) in [4.78, 5) is 7.66. The molecule has 0 spiro atoms. The average Bonchev–Trinajstić information content (AvgIpc) is 2.71. The van der Waals surface area contributed by atoms with E-state index in [1.54, 1.807) is 7.11 Å². The molecule has 0 amide bonds. The normalized spacial score (nSPS) is 14.1.